The van der Waals surface area contributed by atoms with Gasteiger partial charge in [0, 0.05) is 31.7 Å². The fraction of sp³-hybridized carbons (Fsp3) is 0.706. The molecule has 130 valence electrons. The predicted octanol–water partition coefficient (Wildman–Crippen LogP) is 3.77. The Morgan fingerprint density at radius 3 is 2.83 bits per heavy atom. The second-order valence-corrected chi connectivity index (χ2v) is 7.15. The standard InChI is InChI=1S/C17H27N3OS.HI/c1-3-21-15-10-14(17(15)7-4-5-8-17)20-16(18-2)19-11-13-6-9-22-12-13;/h6,9,12,14-15H,3-5,7-8,10-11H2,1-2H3,(H2,18,19,20);1H. The van der Waals surface area contributed by atoms with Gasteiger partial charge in [-0.1, -0.05) is 12.8 Å². The Morgan fingerprint density at radius 1 is 1.43 bits per heavy atom. The van der Waals surface area contributed by atoms with Crippen LogP contribution in [0.4, 0.5) is 0 Å². The van der Waals surface area contributed by atoms with Crippen molar-refractivity contribution in [2.75, 3.05) is 13.7 Å². The van der Waals surface area contributed by atoms with E-state index in [1.54, 1.807) is 11.3 Å². The molecule has 4 nitrogen and oxygen atoms in total. The van der Waals surface area contributed by atoms with Crippen molar-refractivity contribution in [3.63, 3.8) is 0 Å². The average molecular weight is 449 g/mol. The number of guanidine groups is 1. The number of aliphatic imine (C=N–C) groups is 1. The summed E-state index contributed by atoms with van der Waals surface area (Å²) in [5.41, 5.74) is 1.65. The fourth-order valence-corrected chi connectivity index (χ4v) is 4.70. The van der Waals surface area contributed by atoms with Gasteiger partial charge in [0.15, 0.2) is 5.96 Å². The number of ether oxygens (including phenoxy) is 1. The monoisotopic (exact) mass is 449 g/mol. The minimum atomic E-state index is 0. The van der Waals surface area contributed by atoms with Gasteiger partial charge in [-0.2, -0.15) is 11.3 Å². The summed E-state index contributed by atoms with van der Waals surface area (Å²) < 4.78 is 5.98. The zero-order valence-corrected chi connectivity index (χ0v) is 17.2. The highest BCUT2D eigenvalue weighted by Crippen LogP contribution is 2.54. The van der Waals surface area contributed by atoms with Gasteiger partial charge in [0.1, 0.15) is 0 Å². The molecule has 23 heavy (non-hydrogen) atoms. The molecule has 0 amide bonds. The average Bonchev–Trinajstić information content (AvgIpc) is 3.21. The van der Waals surface area contributed by atoms with Gasteiger partial charge in [-0.25, -0.2) is 0 Å². The predicted molar refractivity (Wildman–Crippen MR) is 108 cm³/mol. The first-order chi connectivity index (χ1) is 10.8. The molecule has 2 saturated carbocycles. The molecule has 0 saturated heterocycles. The molecule has 2 N–H and O–H groups in total. The van der Waals surface area contributed by atoms with Gasteiger partial charge in [-0.3, -0.25) is 4.99 Å². The van der Waals surface area contributed by atoms with Crippen LogP contribution < -0.4 is 10.6 Å². The van der Waals surface area contributed by atoms with Crippen molar-refractivity contribution in [1.82, 2.24) is 10.6 Å². The molecule has 0 aliphatic heterocycles. The van der Waals surface area contributed by atoms with Crippen molar-refractivity contribution in [1.29, 1.82) is 0 Å². The Labute approximate surface area is 160 Å². The smallest absolute Gasteiger partial charge is 0.191 e. The van der Waals surface area contributed by atoms with E-state index in [4.69, 9.17) is 4.74 Å². The van der Waals surface area contributed by atoms with Crippen LogP contribution in [0, 0.1) is 5.41 Å². The highest BCUT2D eigenvalue weighted by atomic mass is 127. The Kier molecular flexibility index (Phi) is 7.16. The maximum absolute atomic E-state index is 5.98. The molecule has 2 aliphatic carbocycles. The van der Waals surface area contributed by atoms with Crippen LogP contribution in [0.15, 0.2) is 21.8 Å². The molecule has 2 aliphatic rings. The number of hydrogen-bond donors (Lipinski definition) is 2. The maximum Gasteiger partial charge on any atom is 0.191 e. The fourth-order valence-electron chi connectivity index (χ4n) is 4.03. The third-order valence-corrected chi connectivity index (χ3v) is 5.99. The highest BCUT2D eigenvalue weighted by molar-refractivity contribution is 14.0. The molecule has 1 spiro atoms. The molecule has 1 heterocycles. The summed E-state index contributed by atoms with van der Waals surface area (Å²) in [6.45, 7) is 3.76. The third-order valence-electron chi connectivity index (χ3n) is 5.26. The molecular formula is C17H28IN3OS. The van der Waals surface area contributed by atoms with E-state index >= 15 is 0 Å². The number of nitrogens with zero attached hydrogens (tertiary/aromatic N) is 1. The lowest BCUT2D eigenvalue weighted by Gasteiger charge is -2.54. The van der Waals surface area contributed by atoms with Gasteiger partial charge >= 0.3 is 0 Å². The van der Waals surface area contributed by atoms with E-state index in [2.05, 4.69) is 39.4 Å². The number of halogens is 1. The normalized spacial score (nSPS) is 25.7. The van der Waals surface area contributed by atoms with Gasteiger partial charge in [0.25, 0.3) is 0 Å². The van der Waals surface area contributed by atoms with E-state index in [9.17, 15) is 0 Å². The highest BCUT2D eigenvalue weighted by Gasteiger charge is 2.56. The maximum atomic E-state index is 5.98. The lowest BCUT2D eigenvalue weighted by atomic mass is 9.60. The Balaban J connectivity index is 0.00000192. The second kappa shape index (κ2) is 8.67. The first kappa shape index (κ1) is 19.0. The number of rotatable bonds is 5. The van der Waals surface area contributed by atoms with Gasteiger partial charge in [0.2, 0.25) is 0 Å². The van der Waals surface area contributed by atoms with Gasteiger partial charge in [-0.15, -0.1) is 24.0 Å². The van der Waals surface area contributed by atoms with Crippen LogP contribution in [-0.4, -0.2) is 31.8 Å². The van der Waals surface area contributed by atoms with Crippen LogP contribution in [0.3, 0.4) is 0 Å². The van der Waals surface area contributed by atoms with E-state index in [-0.39, 0.29) is 24.0 Å². The first-order valence-corrected chi connectivity index (χ1v) is 9.32. The lowest BCUT2D eigenvalue weighted by Crippen LogP contribution is -2.65. The molecule has 2 atom stereocenters. The molecule has 0 bridgehead atoms. The largest absolute Gasteiger partial charge is 0.378 e. The van der Waals surface area contributed by atoms with Crippen molar-refractivity contribution in [2.24, 2.45) is 10.4 Å². The Hall–Kier alpha value is -0.340. The SMILES string of the molecule is CCOC1CC(NC(=NC)NCc2ccsc2)C12CCCC2.I. The zero-order chi connectivity index (χ0) is 15.4. The van der Waals surface area contributed by atoms with Crippen molar-refractivity contribution in [3.05, 3.63) is 22.4 Å². The summed E-state index contributed by atoms with van der Waals surface area (Å²) in [5.74, 6) is 0.914. The van der Waals surface area contributed by atoms with E-state index in [0.29, 0.717) is 17.6 Å². The Morgan fingerprint density at radius 2 is 2.22 bits per heavy atom. The summed E-state index contributed by atoms with van der Waals surface area (Å²) in [6.07, 6.45) is 6.79. The second-order valence-electron chi connectivity index (χ2n) is 6.37. The minimum absolute atomic E-state index is 0. The first-order valence-electron chi connectivity index (χ1n) is 8.38. The number of thiophene rings is 1. The van der Waals surface area contributed by atoms with Crippen LogP contribution in [0.1, 0.15) is 44.6 Å². The van der Waals surface area contributed by atoms with Crippen LogP contribution in [0.25, 0.3) is 0 Å². The Bertz CT molecular complexity index is 500. The van der Waals surface area contributed by atoms with E-state index < -0.39 is 0 Å². The molecule has 2 unspecified atom stereocenters. The summed E-state index contributed by atoms with van der Waals surface area (Å²) >= 11 is 1.73. The topological polar surface area (TPSA) is 45.6 Å². The van der Waals surface area contributed by atoms with Crippen LogP contribution in [0.5, 0.6) is 0 Å². The molecular weight excluding hydrogens is 421 g/mol. The molecule has 6 heteroatoms. The zero-order valence-electron chi connectivity index (χ0n) is 14.0. The molecule has 0 radical (unpaired) electrons. The van der Waals surface area contributed by atoms with Gasteiger partial charge in [0.05, 0.1) is 6.10 Å². The van der Waals surface area contributed by atoms with Crippen LogP contribution >= 0.6 is 35.3 Å². The number of nitrogens with one attached hydrogen (secondary N) is 2. The van der Waals surface area contributed by atoms with Crippen molar-refractivity contribution in [2.45, 2.75) is 57.7 Å². The van der Waals surface area contributed by atoms with Crippen molar-refractivity contribution >= 4 is 41.3 Å². The van der Waals surface area contributed by atoms with Crippen LogP contribution in [0.2, 0.25) is 0 Å². The van der Waals surface area contributed by atoms with E-state index in [1.807, 2.05) is 7.05 Å². The summed E-state index contributed by atoms with van der Waals surface area (Å²) in [6, 6.07) is 2.65. The molecule has 1 aromatic heterocycles. The molecule has 2 fully saturated rings. The third kappa shape index (κ3) is 4.02. The molecule has 3 rings (SSSR count). The van der Waals surface area contributed by atoms with Crippen molar-refractivity contribution in [3.8, 4) is 0 Å². The minimum Gasteiger partial charge on any atom is -0.378 e. The van der Waals surface area contributed by atoms with Gasteiger partial charge in [-0.05, 0) is 48.6 Å². The van der Waals surface area contributed by atoms with E-state index in [1.165, 1.54) is 31.2 Å². The summed E-state index contributed by atoms with van der Waals surface area (Å²) in [5, 5.41) is 11.4. The number of hydrogen-bond acceptors (Lipinski definition) is 3. The quantitative estimate of drug-likeness (QED) is 0.409. The van der Waals surface area contributed by atoms with Gasteiger partial charge < -0.3 is 15.4 Å². The van der Waals surface area contributed by atoms with Crippen LogP contribution in [-0.2, 0) is 11.3 Å². The van der Waals surface area contributed by atoms with E-state index in [0.717, 1.165) is 25.5 Å². The lowest BCUT2D eigenvalue weighted by molar-refractivity contribution is -0.125. The summed E-state index contributed by atoms with van der Waals surface area (Å²) in [4.78, 5) is 4.39. The van der Waals surface area contributed by atoms with Crippen molar-refractivity contribution < 1.29 is 4.74 Å². The molecule has 1 aromatic rings. The molecule has 0 aromatic carbocycles. The summed E-state index contributed by atoms with van der Waals surface area (Å²) in [7, 11) is 1.85.